The first-order valence-corrected chi connectivity index (χ1v) is 5.93. The molecule has 0 aliphatic carbocycles. The fourth-order valence-corrected chi connectivity index (χ4v) is 1.31. The van der Waals surface area contributed by atoms with Gasteiger partial charge in [-0.15, -0.1) is 10.2 Å². The Kier molecular flexibility index (Phi) is 5.51. The quantitative estimate of drug-likeness (QED) is 0.828. The number of rotatable bonds is 5. The number of halogens is 1. The van der Waals surface area contributed by atoms with Crippen molar-refractivity contribution in [3.05, 3.63) is 23.0 Å². The number of nitrogens with zero attached hydrogens (tertiary/aromatic N) is 2. The Hall–Kier alpha value is -1.69. The predicted octanol–water partition coefficient (Wildman–Crippen LogP) is 0.774. The van der Waals surface area contributed by atoms with Gasteiger partial charge in [-0.3, -0.25) is 9.59 Å². The minimum Gasteiger partial charge on any atom is -0.354 e. The molecule has 0 radical (unpaired) electrons. The van der Waals surface area contributed by atoms with Gasteiger partial charge in [-0.25, -0.2) is 0 Å². The van der Waals surface area contributed by atoms with Gasteiger partial charge in [0.05, 0.1) is 0 Å². The first-order valence-electron chi connectivity index (χ1n) is 5.56. The summed E-state index contributed by atoms with van der Waals surface area (Å²) in [5, 5.41) is 12.7. The summed E-state index contributed by atoms with van der Waals surface area (Å²) in [6.07, 6.45) is 0.227. The summed E-state index contributed by atoms with van der Waals surface area (Å²) < 4.78 is 0. The molecule has 0 unspecified atom stereocenters. The van der Waals surface area contributed by atoms with Crippen LogP contribution in [0.2, 0.25) is 5.15 Å². The summed E-state index contributed by atoms with van der Waals surface area (Å²) in [6, 6.07) is 3.05. The average molecular weight is 271 g/mol. The molecule has 2 N–H and O–H groups in total. The van der Waals surface area contributed by atoms with Crippen LogP contribution in [0.3, 0.4) is 0 Å². The van der Waals surface area contributed by atoms with Crippen molar-refractivity contribution in [1.29, 1.82) is 0 Å². The van der Waals surface area contributed by atoms with Crippen LogP contribution in [-0.4, -0.2) is 34.6 Å². The second-order valence-corrected chi connectivity index (χ2v) is 4.36. The summed E-state index contributed by atoms with van der Waals surface area (Å²) in [4.78, 5) is 22.9. The van der Waals surface area contributed by atoms with Gasteiger partial charge in [0, 0.05) is 19.0 Å². The topological polar surface area (TPSA) is 84.0 Å². The summed E-state index contributed by atoms with van der Waals surface area (Å²) in [6.45, 7) is 4.00. The van der Waals surface area contributed by atoms with Gasteiger partial charge in [0.25, 0.3) is 5.91 Å². The van der Waals surface area contributed by atoms with E-state index in [9.17, 15) is 9.59 Å². The summed E-state index contributed by atoms with van der Waals surface area (Å²) in [7, 11) is 0. The van der Waals surface area contributed by atoms with Gasteiger partial charge < -0.3 is 10.6 Å². The molecule has 1 aromatic heterocycles. The lowest BCUT2D eigenvalue weighted by Gasteiger charge is -2.08. The first kappa shape index (κ1) is 14.4. The molecule has 1 rings (SSSR count). The Labute approximate surface area is 110 Å². The molecular formula is C11H15ClN4O2. The van der Waals surface area contributed by atoms with E-state index in [0.29, 0.717) is 0 Å². The molecule has 18 heavy (non-hydrogen) atoms. The second-order valence-electron chi connectivity index (χ2n) is 3.97. The Morgan fingerprint density at radius 1 is 1.33 bits per heavy atom. The van der Waals surface area contributed by atoms with Crippen LogP contribution in [0.5, 0.6) is 0 Å². The van der Waals surface area contributed by atoms with Gasteiger partial charge in [-0.05, 0) is 26.0 Å². The van der Waals surface area contributed by atoms with Crippen LogP contribution in [0.1, 0.15) is 30.8 Å². The molecule has 0 spiro atoms. The zero-order valence-electron chi connectivity index (χ0n) is 10.2. The highest BCUT2D eigenvalue weighted by Gasteiger charge is 2.08. The number of amides is 2. The van der Waals surface area contributed by atoms with Crippen molar-refractivity contribution >= 4 is 23.4 Å². The van der Waals surface area contributed by atoms with Gasteiger partial charge in [0.1, 0.15) is 0 Å². The molecule has 0 bridgehead atoms. The van der Waals surface area contributed by atoms with Gasteiger partial charge in [0.2, 0.25) is 5.91 Å². The highest BCUT2D eigenvalue weighted by Crippen LogP contribution is 2.01. The van der Waals surface area contributed by atoms with E-state index in [-0.39, 0.29) is 41.7 Å². The van der Waals surface area contributed by atoms with Crippen LogP contribution < -0.4 is 10.6 Å². The van der Waals surface area contributed by atoms with E-state index in [1.807, 2.05) is 13.8 Å². The Balaban J connectivity index is 2.33. The van der Waals surface area contributed by atoms with E-state index in [0.717, 1.165) is 0 Å². The maximum atomic E-state index is 11.6. The largest absolute Gasteiger partial charge is 0.354 e. The van der Waals surface area contributed by atoms with Crippen LogP contribution in [0.25, 0.3) is 0 Å². The maximum Gasteiger partial charge on any atom is 0.271 e. The van der Waals surface area contributed by atoms with Gasteiger partial charge in [-0.2, -0.15) is 0 Å². The Morgan fingerprint density at radius 3 is 2.61 bits per heavy atom. The van der Waals surface area contributed by atoms with Crippen molar-refractivity contribution in [2.24, 2.45) is 0 Å². The number of aromatic nitrogens is 2. The van der Waals surface area contributed by atoms with Crippen molar-refractivity contribution in [2.75, 3.05) is 6.54 Å². The molecule has 0 atom stereocenters. The minimum absolute atomic E-state index is 0.0929. The molecule has 0 saturated heterocycles. The van der Waals surface area contributed by atoms with Crippen molar-refractivity contribution in [3.63, 3.8) is 0 Å². The number of carbonyl (C=O) groups is 2. The lowest BCUT2D eigenvalue weighted by atomic mass is 10.3. The zero-order chi connectivity index (χ0) is 13.5. The first-order chi connectivity index (χ1) is 8.49. The van der Waals surface area contributed by atoms with Crippen molar-refractivity contribution in [1.82, 2.24) is 20.8 Å². The van der Waals surface area contributed by atoms with E-state index in [1.165, 1.54) is 12.1 Å². The third-order valence-electron chi connectivity index (χ3n) is 1.95. The minimum atomic E-state index is -0.378. The predicted molar refractivity (Wildman–Crippen MR) is 67.3 cm³/mol. The van der Waals surface area contributed by atoms with Gasteiger partial charge in [0.15, 0.2) is 10.8 Å². The molecule has 0 aromatic carbocycles. The number of hydrogen-bond donors (Lipinski definition) is 2. The second kappa shape index (κ2) is 6.90. The monoisotopic (exact) mass is 270 g/mol. The molecule has 7 heteroatoms. The molecule has 0 fully saturated rings. The molecule has 1 heterocycles. The summed E-state index contributed by atoms with van der Waals surface area (Å²) in [5.41, 5.74) is 0.170. The van der Waals surface area contributed by atoms with Crippen molar-refractivity contribution in [2.45, 2.75) is 26.3 Å². The lowest BCUT2D eigenvalue weighted by Crippen LogP contribution is -2.34. The van der Waals surface area contributed by atoms with Crippen molar-refractivity contribution in [3.8, 4) is 0 Å². The number of nitrogens with one attached hydrogen (secondary N) is 2. The summed E-state index contributed by atoms with van der Waals surface area (Å²) in [5.74, 6) is -0.482. The molecule has 2 amide bonds. The molecule has 0 saturated carbocycles. The third kappa shape index (κ3) is 5.09. The fourth-order valence-electron chi connectivity index (χ4n) is 1.21. The van der Waals surface area contributed by atoms with E-state index < -0.39 is 0 Å². The van der Waals surface area contributed by atoms with Crippen molar-refractivity contribution < 1.29 is 9.59 Å². The number of carbonyl (C=O) groups excluding carboxylic acids is 2. The van der Waals surface area contributed by atoms with E-state index >= 15 is 0 Å². The third-order valence-corrected chi connectivity index (χ3v) is 2.15. The number of hydrogen-bond acceptors (Lipinski definition) is 4. The SMILES string of the molecule is CC(C)NC(=O)CCNC(=O)c1ccc(Cl)nn1. The summed E-state index contributed by atoms with van der Waals surface area (Å²) >= 11 is 5.55. The highest BCUT2D eigenvalue weighted by atomic mass is 35.5. The molecule has 0 aliphatic rings. The van der Waals surface area contributed by atoms with E-state index in [4.69, 9.17) is 11.6 Å². The molecule has 6 nitrogen and oxygen atoms in total. The lowest BCUT2D eigenvalue weighted by molar-refractivity contribution is -0.121. The molecular weight excluding hydrogens is 256 g/mol. The highest BCUT2D eigenvalue weighted by molar-refractivity contribution is 6.29. The van der Waals surface area contributed by atoms with Crippen LogP contribution >= 0.6 is 11.6 Å². The van der Waals surface area contributed by atoms with Gasteiger partial charge in [-0.1, -0.05) is 11.6 Å². The van der Waals surface area contributed by atoms with E-state index in [2.05, 4.69) is 20.8 Å². The van der Waals surface area contributed by atoms with Crippen LogP contribution in [0.4, 0.5) is 0 Å². The van der Waals surface area contributed by atoms with Crippen LogP contribution in [0, 0.1) is 0 Å². The fraction of sp³-hybridized carbons (Fsp3) is 0.455. The van der Waals surface area contributed by atoms with E-state index in [1.54, 1.807) is 0 Å². The smallest absolute Gasteiger partial charge is 0.271 e. The maximum absolute atomic E-state index is 11.6. The molecule has 1 aromatic rings. The zero-order valence-corrected chi connectivity index (χ0v) is 11.0. The Morgan fingerprint density at radius 2 is 2.06 bits per heavy atom. The average Bonchev–Trinajstić information content (AvgIpc) is 2.28. The standard InChI is InChI=1S/C11H15ClN4O2/c1-7(2)14-10(17)5-6-13-11(18)8-3-4-9(12)16-15-8/h3-4,7H,5-6H2,1-2H3,(H,13,18)(H,14,17). The normalized spacial score (nSPS) is 10.2. The van der Waals surface area contributed by atoms with Crippen LogP contribution in [0.15, 0.2) is 12.1 Å². The Bertz CT molecular complexity index is 420. The van der Waals surface area contributed by atoms with Crippen LogP contribution in [-0.2, 0) is 4.79 Å². The van der Waals surface area contributed by atoms with Gasteiger partial charge >= 0.3 is 0 Å². The molecule has 98 valence electrons. The molecule has 0 aliphatic heterocycles.